The van der Waals surface area contributed by atoms with E-state index < -0.39 is 45.6 Å². The standard InChI is InChI=1S/C22H17N3O4.C15H11N3O4/c26-19-17-12-7-13-23-20(17)25(29-14-15-8-3-1-4-9-15)22(28)18(19)21(27)24-16-10-5-2-6-11-16;19-12-10-7-4-8-16-13(10)18(22)15(21)11(12)14(20)17-9-5-2-1-3-6-9/h1-13,26H,14H2,(H,24,27);1-8,19,22H,(H,17,20). The first kappa shape index (κ1) is 33.4. The van der Waals surface area contributed by atoms with Gasteiger partial charge in [-0.2, -0.15) is 0 Å². The predicted octanol–water partition coefficient (Wildman–Crippen LogP) is 4.57. The van der Waals surface area contributed by atoms with Crippen molar-refractivity contribution in [3.8, 4) is 11.5 Å². The lowest BCUT2D eigenvalue weighted by molar-refractivity contribution is 0.0928. The highest BCUT2D eigenvalue weighted by Crippen LogP contribution is 2.26. The molecule has 14 nitrogen and oxygen atoms in total. The van der Waals surface area contributed by atoms with Crippen molar-refractivity contribution in [2.45, 2.75) is 6.61 Å². The summed E-state index contributed by atoms with van der Waals surface area (Å²) in [5, 5.41) is 36.1. The molecule has 0 fully saturated rings. The molecule has 2 amide bonds. The minimum Gasteiger partial charge on any atom is -0.506 e. The van der Waals surface area contributed by atoms with E-state index in [4.69, 9.17) is 4.84 Å². The van der Waals surface area contributed by atoms with Crippen LogP contribution in [0.15, 0.2) is 137 Å². The lowest BCUT2D eigenvalue weighted by Gasteiger charge is -2.14. The molecule has 5 N–H and O–H groups in total. The van der Waals surface area contributed by atoms with Crippen LogP contribution in [0.25, 0.3) is 22.1 Å². The smallest absolute Gasteiger partial charge is 0.301 e. The van der Waals surface area contributed by atoms with Crippen LogP contribution in [0, 0.1) is 0 Å². The number of fused-ring (bicyclic) bond motifs is 2. The van der Waals surface area contributed by atoms with Crippen LogP contribution in [0.4, 0.5) is 11.4 Å². The van der Waals surface area contributed by atoms with Crippen molar-refractivity contribution < 1.29 is 29.8 Å². The number of benzene rings is 3. The van der Waals surface area contributed by atoms with Gasteiger partial charge in [-0.25, -0.2) is 9.97 Å². The molecule has 51 heavy (non-hydrogen) atoms. The first-order valence-corrected chi connectivity index (χ1v) is 15.3. The second-order valence-corrected chi connectivity index (χ2v) is 10.8. The number of aromatic hydroxyl groups is 2. The van der Waals surface area contributed by atoms with Crippen molar-refractivity contribution >= 4 is 45.3 Å². The lowest BCUT2D eigenvalue weighted by atomic mass is 10.1. The highest BCUT2D eigenvalue weighted by Gasteiger charge is 2.25. The minimum absolute atomic E-state index is 0.0942. The highest BCUT2D eigenvalue weighted by molar-refractivity contribution is 6.09. The number of para-hydroxylation sites is 2. The normalized spacial score (nSPS) is 10.6. The monoisotopic (exact) mass is 684 g/mol. The van der Waals surface area contributed by atoms with Crippen molar-refractivity contribution in [1.29, 1.82) is 0 Å². The number of nitrogens with zero attached hydrogens (tertiary/aromatic N) is 4. The van der Waals surface area contributed by atoms with Gasteiger partial charge < -0.3 is 30.9 Å². The second kappa shape index (κ2) is 14.7. The van der Waals surface area contributed by atoms with Crippen LogP contribution >= 0.6 is 0 Å². The topological polar surface area (TPSA) is 198 Å². The Hall–Kier alpha value is -7.48. The number of anilines is 2. The van der Waals surface area contributed by atoms with Gasteiger partial charge in [0.05, 0.1) is 10.8 Å². The van der Waals surface area contributed by atoms with Gasteiger partial charge in [0.1, 0.15) is 18.1 Å². The van der Waals surface area contributed by atoms with Crippen molar-refractivity contribution in [3.05, 3.63) is 165 Å². The molecule has 0 saturated heterocycles. The third kappa shape index (κ3) is 7.05. The molecule has 4 heterocycles. The minimum atomic E-state index is -1.04. The van der Waals surface area contributed by atoms with Gasteiger partial charge in [0.25, 0.3) is 11.8 Å². The molecule has 0 atom stereocenters. The fourth-order valence-electron chi connectivity index (χ4n) is 5.04. The summed E-state index contributed by atoms with van der Waals surface area (Å²) in [7, 11) is 0. The lowest BCUT2D eigenvalue weighted by Crippen LogP contribution is -2.33. The number of amides is 2. The summed E-state index contributed by atoms with van der Waals surface area (Å²) in [6.07, 6.45) is 2.84. The number of pyridine rings is 4. The average molecular weight is 685 g/mol. The number of carbonyl (C=O) groups excluding carboxylic acids is 2. The van der Waals surface area contributed by atoms with E-state index in [9.17, 15) is 34.6 Å². The van der Waals surface area contributed by atoms with E-state index in [0.29, 0.717) is 11.4 Å². The van der Waals surface area contributed by atoms with E-state index in [1.54, 1.807) is 72.8 Å². The van der Waals surface area contributed by atoms with E-state index in [2.05, 4.69) is 20.6 Å². The molecule has 0 unspecified atom stereocenters. The maximum Gasteiger partial charge on any atom is 0.301 e. The summed E-state index contributed by atoms with van der Waals surface area (Å²) in [4.78, 5) is 63.8. The predicted molar refractivity (Wildman–Crippen MR) is 188 cm³/mol. The summed E-state index contributed by atoms with van der Waals surface area (Å²) in [6, 6.07) is 32.6. The number of hydrogen-bond donors (Lipinski definition) is 5. The summed E-state index contributed by atoms with van der Waals surface area (Å²) in [5.41, 5.74) is -0.999. The molecule has 7 rings (SSSR count). The fourth-order valence-corrected chi connectivity index (χ4v) is 5.04. The molecule has 7 aromatic rings. The van der Waals surface area contributed by atoms with E-state index in [0.717, 1.165) is 10.3 Å². The van der Waals surface area contributed by atoms with Crippen LogP contribution in [0.2, 0.25) is 0 Å². The van der Waals surface area contributed by atoms with Crippen LogP contribution < -0.4 is 26.6 Å². The highest BCUT2D eigenvalue weighted by atomic mass is 16.7. The third-order valence-electron chi connectivity index (χ3n) is 7.48. The van der Waals surface area contributed by atoms with Gasteiger partial charge in [-0.1, -0.05) is 66.7 Å². The molecule has 0 saturated carbocycles. The van der Waals surface area contributed by atoms with Crippen LogP contribution in [-0.2, 0) is 6.61 Å². The zero-order chi connectivity index (χ0) is 35.9. The molecule has 3 aromatic carbocycles. The largest absolute Gasteiger partial charge is 0.506 e. The van der Waals surface area contributed by atoms with E-state index in [1.807, 2.05) is 30.3 Å². The van der Waals surface area contributed by atoms with Crippen molar-refractivity contribution in [3.63, 3.8) is 0 Å². The molecule has 4 aromatic heterocycles. The van der Waals surface area contributed by atoms with Crippen molar-refractivity contribution in [2.24, 2.45) is 0 Å². The molecular formula is C37H28N6O8. The Morgan fingerprint density at radius 1 is 0.608 bits per heavy atom. The fraction of sp³-hybridized carbons (Fsp3) is 0.0270. The number of rotatable bonds is 7. The molecule has 0 spiro atoms. The number of nitrogens with one attached hydrogen (secondary N) is 2. The molecule has 14 heteroatoms. The number of aromatic nitrogens is 4. The van der Waals surface area contributed by atoms with E-state index >= 15 is 0 Å². The van der Waals surface area contributed by atoms with Gasteiger partial charge in [-0.05, 0) is 54.1 Å². The van der Waals surface area contributed by atoms with Crippen LogP contribution in [0.1, 0.15) is 26.3 Å². The molecule has 0 aliphatic rings. The SMILES string of the molecule is O=C(Nc1ccccc1)c1c(O)c2cccnc2n(O)c1=O.O=C(Nc1ccccc1)c1c(O)c2cccnc2n(OCc2ccccc2)c1=O. The van der Waals surface area contributed by atoms with Gasteiger partial charge >= 0.3 is 11.1 Å². The van der Waals surface area contributed by atoms with Crippen LogP contribution in [-0.4, -0.2) is 46.7 Å². The maximum atomic E-state index is 13.0. The summed E-state index contributed by atoms with van der Waals surface area (Å²) >= 11 is 0. The van der Waals surface area contributed by atoms with Crippen LogP contribution in [0.3, 0.4) is 0 Å². The van der Waals surface area contributed by atoms with Gasteiger partial charge in [-0.15, -0.1) is 9.46 Å². The quantitative estimate of drug-likeness (QED) is 0.148. The molecule has 254 valence electrons. The van der Waals surface area contributed by atoms with Gasteiger partial charge in [0.15, 0.2) is 22.4 Å². The van der Waals surface area contributed by atoms with Gasteiger partial charge in [0.2, 0.25) is 0 Å². The van der Waals surface area contributed by atoms with Crippen molar-refractivity contribution in [1.82, 2.24) is 19.4 Å². The summed E-state index contributed by atoms with van der Waals surface area (Å²) < 4.78 is 1.19. The first-order chi connectivity index (χ1) is 24.7. The molecule has 0 bridgehead atoms. The molecule has 0 aliphatic carbocycles. The van der Waals surface area contributed by atoms with E-state index in [-0.39, 0.29) is 33.4 Å². The third-order valence-corrected chi connectivity index (χ3v) is 7.48. The second-order valence-electron chi connectivity index (χ2n) is 10.8. The van der Waals surface area contributed by atoms with Gasteiger partial charge in [-0.3, -0.25) is 19.2 Å². The van der Waals surface area contributed by atoms with Crippen LogP contribution in [0.5, 0.6) is 11.5 Å². The Labute approximate surface area is 288 Å². The zero-order valence-electron chi connectivity index (χ0n) is 26.5. The van der Waals surface area contributed by atoms with Crippen molar-refractivity contribution in [2.75, 3.05) is 10.6 Å². The summed E-state index contributed by atoms with van der Waals surface area (Å²) in [6.45, 7) is 0.0942. The first-order valence-electron chi connectivity index (χ1n) is 15.3. The Morgan fingerprint density at radius 3 is 1.59 bits per heavy atom. The number of carbonyl (C=O) groups is 2. The summed E-state index contributed by atoms with van der Waals surface area (Å²) in [5.74, 6) is -2.51. The average Bonchev–Trinajstić information content (AvgIpc) is 3.15. The molecule has 0 aliphatic heterocycles. The van der Waals surface area contributed by atoms with E-state index in [1.165, 1.54) is 24.5 Å². The molecular weight excluding hydrogens is 656 g/mol. The number of hydrogen-bond acceptors (Lipinski definition) is 10. The zero-order valence-corrected chi connectivity index (χ0v) is 26.5. The Morgan fingerprint density at radius 2 is 1.06 bits per heavy atom. The Balaban J connectivity index is 0.000000183. The molecule has 0 radical (unpaired) electrons. The Kier molecular flexibility index (Phi) is 9.66. The van der Waals surface area contributed by atoms with Gasteiger partial charge in [0, 0.05) is 23.8 Å². The maximum absolute atomic E-state index is 13.0. The Bertz CT molecular complexity index is 2490.